The molecule has 0 radical (unpaired) electrons. The maximum absolute atomic E-state index is 12.6. The molecular formula is C19H29NO. The van der Waals surface area contributed by atoms with Gasteiger partial charge in [-0.3, -0.25) is 4.79 Å². The number of carbonyl (C=O) groups is 1. The van der Waals surface area contributed by atoms with Crippen LogP contribution >= 0.6 is 0 Å². The van der Waals surface area contributed by atoms with E-state index in [0.717, 1.165) is 6.42 Å². The molecule has 1 aromatic carbocycles. The Hall–Kier alpha value is -1.31. The number of aryl methyl sites for hydroxylation is 1. The van der Waals surface area contributed by atoms with Crippen molar-refractivity contribution in [3.8, 4) is 0 Å². The maximum Gasteiger partial charge on any atom is 0.223 e. The van der Waals surface area contributed by atoms with E-state index in [4.69, 9.17) is 0 Å². The summed E-state index contributed by atoms with van der Waals surface area (Å²) in [6.07, 6.45) is 3.51. The summed E-state index contributed by atoms with van der Waals surface area (Å²) in [5, 5.41) is 3.15. The molecule has 0 unspecified atom stereocenters. The number of hydrogen-bond donors (Lipinski definition) is 1. The van der Waals surface area contributed by atoms with Crippen LogP contribution in [-0.4, -0.2) is 5.91 Å². The predicted octanol–water partition coefficient (Wildman–Crippen LogP) is 4.32. The lowest BCUT2D eigenvalue weighted by atomic mass is 9.70. The lowest BCUT2D eigenvalue weighted by Gasteiger charge is -2.36. The van der Waals surface area contributed by atoms with Crippen molar-refractivity contribution in [2.75, 3.05) is 0 Å². The molecule has 2 heteroatoms. The molecule has 2 nitrogen and oxygen atoms in total. The van der Waals surface area contributed by atoms with E-state index in [0.29, 0.717) is 24.3 Å². The van der Waals surface area contributed by atoms with Gasteiger partial charge in [0, 0.05) is 12.5 Å². The van der Waals surface area contributed by atoms with Gasteiger partial charge in [-0.25, -0.2) is 0 Å². The molecule has 1 aliphatic carbocycles. The third-order valence-electron chi connectivity index (χ3n) is 4.95. The van der Waals surface area contributed by atoms with Crippen LogP contribution in [0.25, 0.3) is 0 Å². The molecule has 1 saturated carbocycles. The van der Waals surface area contributed by atoms with E-state index < -0.39 is 0 Å². The molecule has 116 valence electrons. The van der Waals surface area contributed by atoms with Gasteiger partial charge in [-0.2, -0.15) is 0 Å². The van der Waals surface area contributed by atoms with Crippen LogP contribution in [0.1, 0.15) is 51.2 Å². The highest BCUT2D eigenvalue weighted by Crippen LogP contribution is 2.38. The first-order valence-corrected chi connectivity index (χ1v) is 8.30. The Bertz CT molecular complexity index is 463. The van der Waals surface area contributed by atoms with E-state index in [1.54, 1.807) is 0 Å². The highest BCUT2D eigenvalue weighted by atomic mass is 16.1. The minimum Gasteiger partial charge on any atom is -0.352 e. The van der Waals surface area contributed by atoms with Crippen LogP contribution in [0.15, 0.2) is 24.3 Å². The van der Waals surface area contributed by atoms with Gasteiger partial charge in [0.05, 0.1) is 0 Å². The molecule has 3 atom stereocenters. The van der Waals surface area contributed by atoms with Crippen molar-refractivity contribution in [3.63, 3.8) is 0 Å². The fourth-order valence-corrected chi connectivity index (χ4v) is 3.53. The fourth-order valence-electron chi connectivity index (χ4n) is 3.53. The van der Waals surface area contributed by atoms with Gasteiger partial charge in [0.2, 0.25) is 5.91 Å². The second kappa shape index (κ2) is 7.11. The van der Waals surface area contributed by atoms with Gasteiger partial charge in [-0.05, 0) is 43.1 Å². The van der Waals surface area contributed by atoms with E-state index in [-0.39, 0.29) is 11.8 Å². The normalized spacial score (nSPS) is 25.9. The van der Waals surface area contributed by atoms with Crippen LogP contribution < -0.4 is 5.32 Å². The van der Waals surface area contributed by atoms with E-state index in [2.05, 4.69) is 57.3 Å². The minimum absolute atomic E-state index is 0.194. The smallest absolute Gasteiger partial charge is 0.223 e. The first-order chi connectivity index (χ1) is 9.97. The molecule has 0 aliphatic heterocycles. The number of benzene rings is 1. The van der Waals surface area contributed by atoms with Gasteiger partial charge in [0.1, 0.15) is 0 Å². The van der Waals surface area contributed by atoms with E-state index in [1.165, 1.54) is 24.0 Å². The Labute approximate surface area is 129 Å². The Morgan fingerprint density at radius 3 is 2.52 bits per heavy atom. The Morgan fingerprint density at radius 2 is 1.90 bits per heavy atom. The molecule has 1 N–H and O–H groups in total. The van der Waals surface area contributed by atoms with Crippen molar-refractivity contribution in [2.24, 2.45) is 23.7 Å². The van der Waals surface area contributed by atoms with Crippen molar-refractivity contribution in [1.29, 1.82) is 0 Å². The highest BCUT2D eigenvalue weighted by molar-refractivity contribution is 5.79. The van der Waals surface area contributed by atoms with Crippen LogP contribution in [0.3, 0.4) is 0 Å². The molecule has 0 bridgehead atoms. The molecule has 1 amide bonds. The molecular weight excluding hydrogens is 258 g/mol. The van der Waals surface area contributed by atoms with Gasteiger partial charge < -0.3 is 5.32 Å². The van der Waals surface area contributed by atoms with E-state index in [1.807, 2.05) is 0 Å². The largest absolute Gasteiger partial charge is 0.352 e. The molecule has 1 fully saturated rings. The van der Waals surface area contributed by atoms with Crippen LogP contribution in [-0.2, 0) is 11.3 Å². The van der Waals surface area contributed by atoms with E-state index >= 15 is 0 Å². The van der Waals surface area contributed by atoms with Gasteiger partial charge in [-0.15, -0.1) is 0 Å². The summed E-state index contributed by atoms with van der Waals surface area (Å²) in [5.41, 5.74) is 2.44. The van der Waals surface area contributed by atoms with Crippen LogP contribution in [0, 0.1) is 30.6 Å². The Balaban J connectivity index is 1.95. The van der Waals surface area contributed by atoms with Crippen molar-refractivity contribution < 1.29 is 4.79 Å². The fraction of sp³-hybridized carbons (Fsp3) is 0.632. The molecule has 0 aromatic heterocycles. The predicted molar refractivity (Wildman–Crippen MR) is 87.9 cm³/mol. The first-order valence-electron chi connectivity index (χ1n) is 8.30. The lowest BCUT2D eigenvalue weighted by Crippen LogP contribution is -2.39. The highest BCUT2D eigenvalue weighted by Gasteiger charge is 2.35. The Morgan fingerprint density at radius 1 is 1.24 bits per heavy atom. The van der Waals surface area contributed by atoms with Crippen molar-refractivity contribution in [2.45, 2.75) is 53.5 Å². The Kier molecular flexibility index (Phi) is 5.44. The maximum atomic E-state index is 12.6. The van der Waals surface area contributed by atoms with Crippen LogP contribution in [0.2, 0.25) is 0 Å². The SMILES string of the molecule is Cc1ccc(CNC(=O)[C@@H]2C[C@H](C)CC[C@H]2C(C)C)cc1. The zero-order valence-corrected chi connectivity index (χ0v) is 13.9. The second-order valence-corrected chi connectivity index (χ2v) is 7.14. The number of rotatable bonds is 4. The lowest BCUT2D eigenvalue weighted by molar-refractivity contribution is -0.129. The third kappa shape index (κ3) is 4.33. The zero-order chi connectivity index (χ0) is 15.4. The quantitative estimate of drug-likeness (QED) is 0.878. The first kappa shape index (κ1) is 16.1. The van der Waals surface area contributed by atoms with E-state index in [9.17, 15) is 4.79 Å². The van der Waals surface area contributed by atoms with Crippen LogP contribution in [0.4, 0.5) is 0 Å². The van der Waals surface area contributed by atoms with Gasteiger partial charge in [-0.1, -0.05) is 57.0 Å². The van der Waals surface area contributed by atoms with Gasteiger partial charge in [0.15, 0.2) is 0 Å². The third-order valence-corrected chi connectivity index (χ3v) is 4.95. The van der Waals surface area contributed by atoms with Crippen molar-refractivity contribution in [1.82, 2.24) is 5.32 Å². The van der Waals surface area contributed by atoms with Crippen molar-refractivity contribution >= 4 is 5.91 Å². The average molecular weight is 287 g/mol. The minimum atomic E-state index is 0.194. The summed E-state index contributed by atoms with van der Waals surface area (Å²) in [6.45, 7) is 9.51. The summed E-state index contributed by atoms with van der Waals surface area (Å²) in [6, 6.07) is 8.39. The topological polar surface area (TPSA) is 29.1 Å². The molecule has 0 spiro atoms. The van der Waals surface area contributed by atoms with Gasteiger partial charge in [0.25, 0.3) is 0 Å². The number of nitrogens with one attached hydrogen (secondary N) is 1. The summed E-state index contributed by atoms with van der Waals surface area (Å²) < 4.78 is 0. The summed E-state index contributed by atoms with van der Waals surface area (Å²) in [4.78, 5) is 12.6. The monoisotopic (exact) mass is 287 g/mol. The van der Waals surface area contributed by atoms with Crippen molar-refractivity contribution in [3.05, 3.63) is 35.4 Å². The average Bonchev–Trinajstić information content (AvgIpc) is 2.46. The van der Waals surface area contributed by atoms with Gasteiger partial charge >= 0.3 is 0 Å². The molecule has 0 heterocycles. The molecule has 1 aliphatic rings. The van der Waals surface area contributed by atoms with Crippen LogP contribution in [0.5, 0.6) is 0 Å². The number of carbonyl (C=O) groups excluding carboxylic acids is 1. The number of amides is 1. The number of hydrogen-bond acceptors (Lipinski definition) is 1. The molecule has 21 heavy (non-hydrogen) atoms. The zero-order valence-electron chi connectivity index (χ0n) is 13.9. The summed E-state index contributed by atoms with van der Waals surface area (Å²) in [7, 11) is 0. The second-order valence-electron chi connectivity index (χ2n) is 7.14. The standard InChI is InChI=1S/C19H29NO/c1-13(2)17-10-7-15(4)11-18(17)19(21)20-12-16-8-5-14(3)6-9-16/h5-6,8-9,13,15,17-18H,7,10-12H2,1-4H3,(H,20,21)/t15-,17+,18-/m1/s1. The summed E-state index contributed by atoms with van der Waals surface area (Å²) >= 11 is 0. The molecule has 2 rings (SSSR count). The summed E-state index contributed by atoms with van der Waals surface area (Å²) in [5.74, 6) is 2.25. The molecule has 1 aromatic rings. The molecule has 0 saturated heterocycles.